The third-order valence-corrected chi connectivity index (χ3v) is 5.96. The van der Waals surface area contributed by atoms with E-state index in [2.05, 4.69) is 14.9 Å². The minimum Gasteiger partial charge on any atom is -0.497 e. The summed E-state index contributed by atoms with van der Waals surface area (Å²) in [6.07, 6.45) is 3.43. The van der Waals surface area contributed by atoms with E-state index in [0.29, 0.717) is 36.1 Å². The Hall–Kier alpha value is -4.76. The summed E-state index contributed by atoms with van der Waals surface area (Å²) in [6, 6.07) is 21.2. The molecule has 0 aliphatic heterocycles. The lowest BCUT2D eigenvalue weighted by molar-refractivity contribution is 0.394. The summed E-state index contributed by atoms with van der Waals surface area (Å²) in [7, 11) is 3.27. The van der Waals surface area contributed by atoms with Gasteiger partial charge in [-0.05, 0) is 42.5 Å². The molecule has 3 heterocycles. The maximum Gasteiger partial charge on any atom is 0.124 e. The number of benzene rings is 2. The van der Waals surface area contributed by atoms with Crippen LogP contribution in [0.4, 0.5) is 17.2 Å². The topological polar surface area (TPSA) is 125 Å². The van der Waals surface area contributed by atoms with Crippen LogP contribution < -0.4 is 25.8 Å². The molecule has 37 heavy (non-hydrogen) atoms. The standard InChI is InChI=1S/C28H27N7O2/c1-36-23-10-22(11-24(13-23)37-2)35(17-20-5-3-4-19(14-29)33-20)21-7-8-25-26(12-21)34-27(16-31-25)18-6-9-28(30)32-15-18/h3-13,15-16H,14,17,29H2,1-2H3,(H2,30,32). The van der Waals surface area contributed by atoms with E-state index in [0.717, 1.165) is 39.4 Å². The molecule has 5 rings (SSSR count). The minimum atomic E-state index is 0.370. The van der Waals surface area contributed by atoms with Gasteiger partial charge in [-0.25, -0.2) is 9.97 Å². The first-order chi connectivity index (χ1) is 18.1. The molecule has 2 aromatic carbocycles. The fourth-order valence-corrected chi connectivity index (χ4v) is 4.04. The number of hydrogen-bond donors (Lipinski definition) is 2. The van der Waals surface area contributed by atoms with Crippen molar-refractivity contribution >= 4 is 28.2 Å². The van der Waals surface area contributed by atoms with Gasteiger partial charge in [-0.2, -0.15) is 0 Å². The zero-order valence-electron chi connectivity index (χ0n) is 20.6. The van der Waals surface area contributed by atoms with Crippen molar-refractivity contribution in [3.63, 3.8) is 0 Å². The summed E-state index contributed by atoms with van der Waals surface area (Å²) in [4.78, 5) is 20.5. The van der Waals surface area contributed by atoms with Crippen molar-refractivity contribution in [3.05, 3.63) is 90.5 Å². The molecule has 5 aromatic rings. The van der Waals surface area contributed by atoms with Gasteiger partial charge in [-0.15, -0.1) is 0 Å². The molecule has 4 N–H and O–H groups in total. The molecule has 0 fully saturated rings. The highest BCUT2D eigenvalue weighted by Gasteiger charge is 2.16. The first-order valence-corrected chi connectivity index (χ1v) is 11.7. The van der Waals surface area contributed by atoms with Crippen molar-refractivity contribution in [1.82, 2.24) is 19.9 Å². The number of anilines is 3. The van der Waals surface area contributed by atoms with Crippen LogP contribution in [0.1, 0.15) is 11.4 Å². The molecule has 0 amide bonds. The lowest BCUT2D eigenvalue weighted by atomic mass is 10.1. The summed E-state index contributed by atoms with van der Waals surface area (Å²) in [5.41, 5.74) is 18.1. The first kappa shape index (κ1) is 24.0. The molecule has 9 nitrogen and oxygen atoms in total. The normalized spacial score (nSPS) is 10.9. The molecule has 0 aliphatic rings. The van der Waals surface area contributed by atoms with Crippen LogP contribution in [0.25, 0.3) is 22.3 Å². The van der Waals surface area contributed by atoms with Crippen LogP contribution in [-0.4, -0.2) is 34.2 Å². The Morgan fingerprint density at radius 1 is 0.757 bits per heavy atom. The quantitative estimate of drug-likeness (QED) is 0.322. The van der Waals surface area contributed by atoms with E-state index < -0.39 is 0 Å². The van der Waals surface area contributed by atoms with Crippen LogP contribution in [-0.2, 0) is 13.1 Å². The van der Waals surface area contributed by atoms with Gasteiger partial charge in [-0.1, -0.05) is 6.07 Å². The van der Waals surface area contributed by atoms with Crippen molar-refractivity contribution < 1.29 is 9.47 Å². The first-order valence-electron chi connectivity index (χ1n) is 11.7. The second kappa shape index (κ2) is 10.5. The number of methoxy groups -OCH3 is 2. The number of aromatic nitrogens is 4. The van der Waals surface area contributed by atoms with Gasteiger partial charge in [0.25, 0.3) is 0 Å². The Bertz CT molecular complexity index is 1520. The highest BCUT2D eigenvalue weighted by atomic mass is 16.5. The Kier molecular flexibility index (Phi) is 6.78. The second-order valence-electron chi connectivity index (χ2n) is 8.38. The van der Waals surface area contributed by atoms with Crippen LogP contribution in [0.15, 0.2) is 79.1 Å². The molecular weight excluding hydrogens is 466 g/mol. The lowest BCUT2D eigenvalue weighted by Gasteiger charge is -2.26. The van der Waals surface area contributed by atoms with Crippen LogP contribution in [0.2, 0.25) is 0 Å². The maximum atomic E-state index is 5.84. The number of nitrogen functional groups attached to an aromatic ring is 1. The molecule has 0 saturated heterocycles. The Morgan fingerprint density at radius 2 is 1.54 bits per heavy atom. The number of fused-ring (bicyclic) bond motifs is 1. The zero-order chi connectivity index (χ0) is 25.8. The van der Waals surface area contributed by atoms with Crippen molar-refractivity contribution in [2.24, 2.45) is 5.73 Å². The monoisotopic (exact) mass is 493 g/mol. The zero-order valence-corrected chi connectivity index (χ0v) is 20.6. The highest BCUT2D eigenvalue weighted by molar-refractivity contribution is 5.82. The average Bonchev–Trinajstić information content (AvgIpc) is 2.95. The van der Waals surface area contributed by atoms with E-state index in [4.69, 9.17) is 30.9 Å². The van der Waals surface area contributed by atoms with Crippen LogP contribution in [0.5, 0.6) is 11.5 Å². The second-order valence-corrected chi connectivity index (χ2v) is 8.38. The number of rotatable bonds is 8. The van der Waals surface area contributed by atoms with E-state index >= 15 is 0 Å². The number of pyridine rings is 2. The molecule has 0 radical (unpaired) electrons. The predicted octanol–water partition coefficient (Wildman–Crippen LogP) is 4.48. The molecule has 0 aliphatic carbocycles. The Morgan fingerprint density at radius 3 is 2.24 bits per heavy atom. The van der Waals surface area contributed by atoms with Crippen LogP contribution in [0, 0.1) is 0 Å². The van der Waals surface area contributed by atoms with E-state index in [1.807, 2.05) is 60.7 Å². The molecule has 0 bridgehead atoms. The van der Waals surface area contributed by atoms with Gasteiger partial charge in [0.1, 0.15) is 17.3 Å². The number of nitrogens with zero attached hydrogens (tertiary/aromatic N) is 5. The molecule has 0 saturated carbocycles. The van der Waals surface area contributed by atoms with Gasteiger partial charge >= 0.3 is 0 Å². The molecule has 0 spiro atoms. The number of hydrogen-bond acceptors (Lipinski definition) is 9. The van der Waals surface area contributed by atoms with Crippen molar-refractivity contribution in [2.45, 2.75) is 13.1 Å². The minimum absolute atomic E-state index is 0.370. The smallest absolute Gasteiger partial charge is 0.124 e. The van der Waals surface area contributed by atoms with Crippen molar-refractivity contribution in [3.8, 4) is 22.8 Å². The Labute approximate surface area is 214 Å². The summed E-state index contributed by atoms with van der Waals surface area (Å²) in [6.45, 7) is 0.861. The fourth-order valence-electron chi connectivity index (χ4n) is 4.04. The highest BCUT2D eigenvalue weighted by Crippen LogP contribution is 2.35. The predicted molar refractivity (Wildman–Crippen MR) is 145 cm³/mol. The summed E-state index contributed by atoms with van der Waals surface area (Å²) >= 11 is 0. The molecule has 186 valence electrons. The molecule has 9 heteroatoms. The van der Waals surface area contributed by atoms with Gasteiger partial charge in [0.15, 0.2) is 0 Å². The third-order valence-electron chi connectivity index (χ3n) is 5.96. The van der Waals surface area contributed by atoms with E-state index in [-0.39, 0.29) is 0 Å². The van der Waals surface area contributed by atoms with Crippen molar-refractivity contribution in [1.29, 1.82) is 0 Å². The molecule has 0 unspecified atom stereocenters. The summed E-state index contributed by atoms with van der Waals surface area (Å²) in [5.74, 6) is 1.82. The van der Waals surface area contributed by atoms with E-state index in [1.54, 1.807) is 32.7 Å². The summed E-state index contributed by atoms with van der Waals surface area (Å²) in [5, 5.41) is 0. The van der Waals surface area contributed by atoms with Gasteiger partial charge in [0.05, 0.1) is 55.1 Å². The maximum absolute atomic E-state index is 5.84. The molecular formula is C28H27N7O2. The number of nitrogens with two attached hydrogens (primary N) is 2. The van der Waals surface area contributed by atoms with E-state index in [9.17, 15) is 0 Å². The van der Waals surface area contributed by atoms with Gasteiger partial charge < -0.3 is 25.8 Å². The van der Waals surface area contributed by atoms with Gasteiger partial charge in [0, 0.05) is 47.9 Å². The summed E-state index contributed by atoms with van der Waals surface area (Å²) < 4.78 is 11.1. The molecule has 3 aromatic heterocycles. The fraction of sp³-hybridized carbons (Fsp3) is 0.143. The van der Waals surface area contributed by atoms with Gasteiger partial charge in [-0.3, -0.25) is 9.97 Å². The number of ether oxygens (including phenoxy) is 2. The van der Waals surface area contributed by atoms with Crippen LogP contribution in [0.3, 0.4) is 0 Å². The van der Waals surface area contributed by atoms with Crippen molar-refractivity contribution in [2.75, 3.05) is 24.9 Å². The van der Waals surface area contributed by atoms with Gasteiger partial charge in [0.2, 0.25) is 0 Å². The van der Waals surface area contributed by atoms with Crippen LogP contribution >= 0.6 is 0 Å². The van der Waals surface area contributed by atoms with E-state index in [1.165, 1.54) is 0 Å². The molecule has 0 atom stereocenters. The average molecular weight is 494 g/mol. The SMILES string of the molecule is COc1cc(OC)cc(N(Cc2cccc(CN)n2)c2ccc3ncc(-c4ccc(N)nc4)nc3c2)c1. The Balaban J connectivity index is 1.62. The largest absolute Gasteiger partial charge is 0.497 e. The lowest BCUT2D eigenvalue weighted by Crippen LogP contribution is -2.18. The third kappa shape index (κ3) is 5.26.